The molecule has 2 aromatic rings. The van der Waals surface area contributed by atoms with Crippen LogP contribution in [0.4, 0.5) is 13.2 Å². The molecule has 2 heterocycles. The Bertz CT molecular complexity index is 970. The zero-order valence-electron chi connectivity index (χ0n) is 16.4. The summed E-state index contributed by atoms with van der Waals surface area (Å²) in [4.78, 5) is 12.5. The van der Waals surface area contributed by atoms with Crippen LogP contribution < -0.4 is 9.47 Å². The number of para-hydroxylation sites is 1. The van der Waals surface area contributed by atoms with Crippen LogP contribution in [0.1, 0.15) is 42.1 Å². The fraction of sp³-hybridized carbons (Fsp3) is 0.348. The second kappa shape index (κ2) is 7.47. The molecule has 0 saturated carbocycles. The largest absolute Gasteiger partial charge is 0.479 e. The maximum atomic E-state index is 13.7. The lowest BCUT2D eigenvalue weighted by atomic mass is 9.80. The number of hydrogen-bond donors (Lipinski definition) is 0. The van der Waals surface area contributed by atoms with Gasteiger partial charge in [-0.2, -0.15) is 13.2 Å². The summed E-state index contributed by atoms with van der Waals surface area (Å²) in [5, 5.41) is 0. The minimum atomic E-state index is -4.65. The van der Waals surface area contributed by atoms with Crippen LogP contribution in [0, 0.1) is 0 Å². The van der Waals surface area contributed by atoms with Crippen molar-refractivity contribution in [2.75, 3.05) is 0 Å². The van der Waals surface area contributed by atoms with E-state index in [-0.39, 0.29) is 17.8 Å². The summed E-state index contributed by atoms with van der Waals surface area (Å²) in [7, 11) is 0. The van der Waals surface area contributed by atoms with Crippen molar-refractivity contribution >= 4 is 5.97 Å². The molecule has 0 spiro atoms. The minimum absolute atomic E-state index is 0.0391. The second-order valence-corrected chi connectivity index (χ2v) is 7.71. The third kappa shape index (κ3) is 3.69. The SMILES string of the molecule is C=C(C)C1(Oc2cc(C(=O)Oc3ccccc3)ccc2C(F)(F)F)CC2CCC1O2. The Morgan fingerprint density at radius 2 is 1.90 bits per heavy atom. The predicted molar refractivity (Wildman–Crippen MR) is 104 cm³/mol. The molecule has 30 heavy (non-hydrogen) atoms. The molecule has 158 valence electrons. The van der Waals surface area contributed by atoms with Crippen LogP contribution in [0.25, 0.3) is 0 Å². The highest BCUT2D eigenvalue weighted by Crippen LogP contribution is 2.49. The highest BCUT2D eigenvalue weighted by atomic mass is 19.4. The molecule has 7 heteroatoms. The normalized spacial score (nSPS) is 25.2. The van der Waals surface area contributed by atoms with Crippen molar-refractivity contribution < 1.29 is 32.2 Å². The van der Waals surface area contributed by atoms with E-state index in [9.17, 15) is 18.0 Å². The maximum Gasteiger partial charge on any atom is 0.419 e. The number of alkyl halides is 3. The highest BCUT2D eigenvalue weighted by molar-refractivity contribution is 5.91. The van der Waals surface area contributed by atoms with Crippen LogP contribution in [0.3, 0.4) is 0 Å². The molecule has 2 aromatic carbocycles. The number of esters is 1. The Morgan fingerprint density at radius 1 is 1.17 bits per heavy atom. The molecule has 2 bridgehead atoms. The second-order valence-electron chi connectivity index (χ2n) is 7.71. The molecule has 3 unspecified atom stereocenters. The van der Waals surface area contributed by atoms with E-state index in [0.717, 1.165) is 24.6 Å². The van der Waals surface area contributed by atoms with E-state index in [1.54, 1.807) is 37.3 Å². The summed E-state index contributed by atoms with van der Waals surface area (Å²) in [6, 6.07) is 11.3. The Labute approximate surface area is 172 Å². The van der Waals surface area contributed by atoms with E-state index < -0.39 is 29.1 Å². The van der Waals surface area contributed by atoms with E-state index in [1.807, 2.05) is 0 Å². The molecular weight excluding hydrogens is 397 g/mol. The van der Waals surface area contributed by atoms with Crippen LogP contribution in [0.2, 0.25) is 0 Å². The molecule has 0 N–H and O–H groups in total. The van der Waals surface area contributed by atoms with Gasteiger partial charge in [0.15, 0.2) is 5.60 Å². The summed E-state index contributed by atoms with van der Waals surface area (Å²) in [5.41, 5.74) is -1.45. The van der Waals surface area contributed by atoms with Crippen molar-refractivity contribution in [3.63, 3.8) is 0 Å². The Morgan fingerprint density at radius 3 is 2.47 bits per heavy atom. The highest BCUT2D eigenvalue weighted by Gasteiger charge is 2.55. The summed E-state index contributed by atoms with van der Waals surface area (Å²) in [6.07, 6.45) is -3.10. The molecular formula is C23H21F3O4. The Hall–Kier alpha value is -2.80. The third-order valence-electron chi connectivity index (χ3n) is 5.65. The van der Waals surface area contributed by atoms with Crippen LogP contribution in [-0.4, -0.2) is 23.8 Å². The number of carbonyl (C=O) groups excluding carboxylic acids is 1. The number of rotatable bonds is 5. The molecule has 2 saturated heterocycles. The van der Waals surface area contributed by atoms with Crippen molar-refractivity contribution in [1.29, 1.82) is 0 Å². The average molecular weight is 418 g/mol. The van der Waals surface area contributed by atoms with Gasteiger partial charge in [-0.1, -0.05) is 24.8 Å². The van der Waals surface area contributed by atoms with E-state index in [2.05, 4.69) is 6.58 Å². The molecule has 4 rings (SSSR count). The molecule has 0 aliphatic carbocycles. The lowest BCUT2D eigenvalue weighted by Crippen LogP contribution is -2.46. The molecule has 0 aromatic heterocycles. The first-order valence-corrected chi connectivity index (χ1v) is 9.68. The van der Waals surface area contributed by atoms with Crippen LogP contribution in [0.5, 0.6) is 11.5 Å². The van der Waals surface area contributed by atoms with Crippen molar-refractivity contribution in [2.24, 2.45) is 0 Å². The van der Waals surface area contributed by atoms with Gasteiger partial charge in [0.25, 0.3) is 0 Å². The first kappa shape index (κ1) is 20.5. The van der Waals surface area contributed by atoms with Crippen molar-refractivity contribution in [2.45, 2.75) is 50.2 Å². The average Bonchev–Trinajstić information content (AvgIpc) is 3.29. The predicted octanol–water partition coefficient (Wildman–Crippen LogP) is 5.57. The quantitative estimate of drug-likeness (QED) is 0.362. The molecule has 2 aliphatic rings. The first-order chi connectivity index (χ1) is 14.2. The van der Waals surface area contributed by atoms with Crippen LogP contribution in [-0.2, 0) is 10.9 Å². The van der Waals surface area contributed by atoms with Gasteiger partial charge in [0.05, 0.1) is 17.2 Å². The van der Waals surface area contributed by atoms with E-state index in [1.165, 1.54) is 0 Å². The minimum Gasteiger partial charge on any atom is -0.479 e. The van der Waals surface area contributed by atoms with Gasteiger partial charge >= 0.3 is 12.1 Å². The molecule has 2 aliphatic heterocycles. The molecule has 2 fully saturated rings. The Balaban J connectivity index is 1.69. The standard InChI is InChI=1S/C23H21F3O4/c1-14(2)22(13-17-9-11-20(22)28-17)30-19-12-15(8-10-18(19)23(24,25)26)21(27)29-16-6-4-3-5-7-16/h3-8,10,12,17,20H,1,9,11,13H2,2H3. The van der Waals surface area contributed by atoms with Crippen LogP contribution in [0.15, 0.2) is 60.7 Å². The smallest absolute Gasteiger partial charge is 0.419 e. The number of fused-ring (bicyclic) bond motifs is 2. The van der Waals surface area contributed by atoms with Crippen LogP contribution >= 0.6 is 0 Å². The summed E-state index contributed by atoms with van der Waals surface area (Å²) in [5.74, 6) is -0.901. The molecule has 3 atom stereocenters. The van der Waals surface area contributed by atoms with Gasteiger partial charge in [-0.25, -0.2) is 4.79 Å². The number of carbonyl (C=O) groups is 1. The van der Waals surface area contributed by atoms with Crippen molar-refractivity contribution in [3.05, 3.63) is 71.8 Å². The van der Waals surface area contributed by atoms with E-state index in [0.29, 0.717) is 24.2 Å². The van der Waals surface area contributed by atoms with Crippen molar-refractivity contribution in [3.8, 4) is 11.5 Å². The first-order valence-electron chi connectivity index (χ1n) is 9.68. The fourth-order valence-corrected chi connectivity index (χ4v) is 4.13. The van der Waals surface area contributed by atoms with Gasteiger partial charge in [0.1, 0.15) is 17.6 Å². The number of benzene rings is 2. The van der Waals surface area contributed by atoms with Gasteiger partial charge < -0.3 is 14.2 Å². The maximum absolute atomic E-state index is 13.7. The third-order valence-corrected chi connectivity index (χ3v) is 5.65. The van der Waals surface area contributed by atoms with Gasteiger partial charge in [0.2, 0.25) is 0 Å². The van der Waals surface area contributed by atoms with E-state index >= 15 is 0 Å². The molecule has 0 radical (unpaired) electrons. The number of hydrogen-bond acceptors (Lipinski definition) is 4. The van der Waals surface area contributed by atoms with Gasteiger partial charge in [-0.15, -0.1) is 0 Å². The van der Waals surface area contributed by atoms with Crippen molar-refractivity contribution in [1.82, 2.24) is 0 Å². The van der Waals surface area contributed by atoms with Gasteiger partial charge in [-0.3, -0.25) is 0 Å². The molecule has 0 amide bonds. The lowest BCUT2D eigenvalue weighted by Gasteiger charge is -2.37. The van der Waals surface area contributed by atoms with Gasteiger partial charge in [-0.05, 0) is 55.7 Å². The zero-order valence-corrected chi connectivity index (χ0v) is 16.4. The topological polar surface area (TPSA) is 44.8 Å². The fourth-order valence-electron chi connectivity index (χ4n) is 4.13. The molecule has 4 nitrogen and oxygen atoms in total. The number of ether oxygens (including phenoxy) is 3. The van der Waals surface area contributed by atoms with E-state index in [4.69, 9.17) is 14.2 Å². The Kier molecular flexibility index (Phi) is 5.10. The summed E-state index contributed by atoms with van der Waals surface area (Å²) in [6.45, 7) is 5.68. The summed E-state index contributed by atoms with van der Waals surface area (Å²) < 4.78 is 58.1. The lowest BCUT2D eigenvalue weighted by molar-refractivity contribution is -0.140. The monoisotopic (exact) mass is 418 g/mol. The number of halogens is 3. The van der Waals surface area contributed by atoms with Gasteiger partial charge in [0, 0.05) is 6.42 Å². The zero-order chi connectivity index (χ0) is 21.5. The summed E-state index contributed by atoms with van der Waals surface area (Å²) >= 11 is 0.